The summed E-state index contributed by atoms with van der Waals surface area (Å²) >= 11 is 1.11. The smallest absolute Gasteiger partial charge is 0.291 e. The number of nitro benzene ring substituents is 1. The van der Waals surface area contributed by atoms with E-state index < -0.39 is 11.0 Å². The lowest BCUT2D eigenvalue weighted by atomic mass is 10.2. The second-order valence-corrected chi connectivity index (χ2v) is 7.27. The minimum Gasteiger partial charge on any atom is -0.485 e. The van der Waals surface area contributed by atoms with Crippen LogP contribution in [0.2, 0.25) is 0 Å². The second kappa shape index (κ2) is 6.67. The topological polar surface area (TPSA) is 109 Å². The van der Waals surface area contributed by atoms with E-state index in [0.29, 0.717) is 32.4 Å². The molecule has 4 aromatic rings. The Bertz CT molecular complexity index is 1360. The molecule has 9 nitrogen and oxygen atoms in total. The van der Waals surface area contributed by atoms with Crippen molar-refractivity contribution >= 4 is 28.1 Å². The molecule has 0 N–H and O–H groups in total. The molecule has 0 amide bonds. The van der Waals surface area contributed by atoms with Gasteiger partial charge in [-0.15, -0.1) is 5.10 Å². The first-order valence-electron chi connectivity index (χ1n) is 8.63. The summed E-state index contributed by atoms with van der Waals surface area (Å²) in [4.78, 5) is 28.2. The molecular weight excluding hydrogens is 396 g/mol. The van der Waals surface area contributed by atoms with Crippen LogP contribution in [0.25, 0.3) is 11.0 Å². The predicted octanol–water partition coefficient (Wildman–Crippen LogP) is 2.12. The molecule has 1 aliphatic rings. The largest absolute Gasteiger partial charge is 0.485 e. The average Bonchev–Trinajstić information content (AvgIpc) is 3.27. The van der Waals surface area contributed by atoms with Crippen LogP contribution in [-0.4, -0.2) is 26.1 Å². The molecule has 0 saturated heterocycles. The quantitative estimate of drug-likeness (QED) is 0.377. The first kappa shape index (κ1) is 17.3. The predicted molar refractivity (Wildman–Crippen MR) is 104 cm³/mol. The third-order valence-electron chi connectivity index (χ3n) is 4.41. The van der Waals surface area contributed by atoms with Gasteiger partial charge in [-0.2, -0.15) is 9.50 Å². The normalized spacial score (nSPS) is 16.3. The Hall–Kier alpha value is -3.79. The molecule has 29 heavy (non-hydrogen) atoms. The molecule has 1 atom stereocenters. The third-order valence-corrected chi connectivity index (χ3v) is 5.37. The van der Waals surface area contributed by atoms with E-state index in [9.17, 15) is 14.9 Å². The maximum Gasteiger partial charge on any atom is 0.291 e. The second-order valence-electron chi connectivity index (χ2n) is 6.26. The average molecular weight is 408 g/mol. The van der Waals surface area contributed by atoms with E-state index in [-0.39, 0.29) is 17.9 Å². The minimum absolute atomic E-state index is 0.0713. The van der Waals surface area contributed by atoms with Crippen LogP contribution >= 0.6 is 11.3 Å². The molecule has 0 fully saturated rings. The van der Waals surface area contributed by atoms with Crippen molar-refractivity contribution in [3.63, 3.8) is 0 Å². The molecule has 0 saturated carbocycles. The van der Waals surface area contributed by atoms with E-state index >= 15 is 0 Å². The molecular formula is C19H12N4O5S. The van der Waals surface area contributed by atoms with Crippen LogP contribution in [0.15, 0.2) is 53.3 Å². The number of aromatic nitrogens is 3. The van der Waals surface area contributed by atoms with Gasteiger partial charge in [-0.05, 0) is 24.3 Å². The van der Waals surface area contributed by atoms with Gasteiger partial charge in [-0.3, -0.25) is 14.9 Å². The zero-order valence-corrected chi connectivity index (χ0v) is 15.5. The summed E-state index contributed by atoms with van der Waals surface area (Å²) in [5.74, 6) is 1.59. The number of hydrogen-bond donors (Lipinski definition) is 0. The number of para-hydroxylation sites is 3. The first-order valence-corrected chi connectivity index (χ1v) is 9.45. The highest BCUT2D eigenvalue weighted by Gasteiger charge is 2.27. The maximum atomic E-state index is 12.7. The molecule has 0 spiro atoms. The number of nitro groups is 1. The van der Waals surface area contributed by atoms with Gasteiger partial charge in [0.05, 0.1) is 15.0 Å². The van der Waals surface area contributed by atoms with Crippen molar-refractivity contribution in [3.05, 3.63) is 84.9 Å². The Balaban J connectivity index is 1.52. The van der Waals surface area contributed by atoms with E-state index in [0.717, 1.165) is 11.3 Å². The van der Waals surface area contributed by atoms with Gasteiger partial charge in [0, 0.05) is 6.07 Å². The summed E-state index contributed by atoms with van der Waals surface area (Å²) in [6, 6.07) is 13.5. The van der Waals surface area contributed by atoms with Gasteiger partial charge in [-0.25, -0.2) is 0 Å². The number of benzene rings is 2. The minimum atomic E-state index is -0.529. The van der Waals surface area contributed by atoms with Crippen LogP contribution in [0.5, 0.6) is 11.5 Å². The highest BCUT2D eigenvalue weighted by molar-refractivity contribution is 7.15. The number of ether oxygens (including phenoxy) is 2. The number of hydrogen-bond acceptors (Lipinski definition) is 8. The van der Waals surface area contributed by atoms with Crippen LogP contribution in [-0.2, 0) is 0 Å². The third kappa shape index (κ3) is 2.99. The van der Waals surface area contributed by atoms with Crippen molar-refractivity contribution in [2.24, 2.45) is 0 Å². The summed E-state index contributed by atoms with van der Waals surface area (Å²) in [5.41, 5.74) is -0.114. The van der Waals surface area contributed by atoms with Crippen LogP contribution in [0.1, 0.15) is 17.5 Å². The molecule has 0 unspecified atom stereocenters. The van der Waals surface area contributed by atoms with Crippen molar-refractivity contribution in [1.82, 2.24) is 14.6 Å². The SMILES string of the molecule is O=c1/c(=C/c2ccccc2[N+](=O)[O-])sc2nc([C@H]3COc4ccccc4O3)nn12. The maximum absolute atomic E-state index is 12.7. The Morgan fingerprint density at radius 1 is 1.17 bits per heavy atom. The van der Waals surface area contributed by atoms with E-state index in [1.165, 1.54) is 16.7 Å². The fourth-order valence-electron chi connectivity index (χ4n) is 3.05. The Morgan fingerprint density at radius 3 is 2.72 bits per heavy atom. The molecule has 0 aliphatic carbocycles. The fraction of sp³-hybridized carbons (Fsp3) is 0.105. The summed E-state index contributed by atoms with van der Waals surface area (Å²) in [6.07, 6.45) is 0.955. The Morgan fingerprint density at radius 2 is 1.93 bits per heavy atom. The highest BCUT2D eigenvalue weighted by Crippen LogP contribution is 2.35. The van der Waals surface area contributed by atoms with Gasteiger partial charge in [-0.1, -0.05) is 35.6 Å². The van der Waals surface area contributed by atoms with E-state index in [2.05, 4.69) is 10.1 Å². The van der Waals surface area contributed by atoms with Gasteiger partial charge < -0.3 is 9.47 Å². The summed E-state index contributed by atoms with van der Waals surface area (Å²) in [6.45, 7) is 0.234. The fourth-order valence-corrected chi connectivity index (χ4v) is 3.95. The molecule has 144 valence electrons. The van der Waals surface area contributed by atoms with Crippen molar-refractivity contribution in [1.29, 1.82) is 0 Å². The monoisotopic (exact) mass is 408 g/mol. The molecule has 2 aromatic heterocycles. The molecule has 0 bridgehead atoms. The summed E-state index contributed by atoms with van der Waals surface area (Å²) in [5, 5.41) is 15.5. The number of thiazole rings is 1. The van der Waals surface area contributed by atoms with Gasteiger partial charge in [0.1, 0.15) is 6.61 Å². The summed E-state index contributed by atoms with van der Waals surface area (Å²) < 4.78 is 13.1. The van der Waals surface area contributed by atoms with Gasteiger partial charge in [0.2, 0.25) is 4.96 Å². The Kier molecular flexibility index (Phi) is 3.98. The zero-order chi connectivity index (χ0) is 20.0. The Labute approximate surface area is 166 Å². The van der Waals surface area contributed by atoms with Crippen LogP contribution < -0.4 is 19.6 Å². The molecule has 5 rings (SSSR count). The molecule has 2 aromatic carbocycles. The first-order chi connectivity index (χ1) is 14.1. The molecule has 3 heterocycles. The van der Waals surface area contributed by atoms with E-state index in [4.69, 9.17) is 9.47 Å². The molecule has 10 heteroatoms. The number of fused-ring (bicyclic) bond motifs is 2. The van der Waals surface area contributed by atoms with Crippen molar-refractivity contribution < 1.29 is 14.4 Å². The number of nitrogens with zero attached hydrogens (tertiary/aromatic N) is 4. The van der Waals surface area contributed by atoms with E-state index in [1.807, 2.05) is 18.2 Å². The van der Waals surface area contributed by atoms with Gasteiger partial charge in [0.15, 0.2) is 23.4 Å². The van der Waals surface area contributed by atoms with Gasteiger partial charge >= 0.3 is 0 Å². The lowest BCUT2D eigenvalue weighted by Crippen LogP contribution is -2.26. The van der Waals surface area contributed by atoms with Crippen molar-refractivity contribution in [2.45, 2.75) is 6.10 Å². The highest BCUT2D eigenvalue weighted by atomic mass is 32.1. The standard InChI is InChI=1S/C19H12N4O5S/c24-18-16(9-11-5-1-2-6-12(11)23(25)26)29-19-20-17(21-22(18)19)15-10-27-13-7-3-4-8-14(13)28-15/h1-9,15H,10H2/b16-9-/t15-/m1/s1. The molecule has 1 aliphatic heterocycles. The molecule has 0 radical (unpaired) electrons. The lowest BCUT2D eigenvalue weighted by molar-refractivity contribution is -0.385. The summed E-state index contributed by atoms with van der Waals surface area (Å²) in [7, 11) is 0. The van der Waals surface area contributed by atoms with Crippen LogP contribution in [0.4, 0.5) is 5.69 Å². The zero-order valence-electron chi connectivity index (χ0n) is 14.7. The number of rotatable bonds is 3. The van der Waals surface area contributed by atoms with Crippen molar-refractivity contribution in [3.8, 4) is 11.5 Å². The lowest BCUT2D eigenvalue weighted by Gasteiger charge is -2.24. The van der Waals surface area contributed by atoms with E-state index in [1.54, 1.807) is 24.3 Å². The van der Waals surface area contributed by atoms with Crippen LogP contribution in [0.3, 0.4) is 0 Å². The van der Waals surface area contributed by atoms with Crippen LogP contribution in [0, 0.1) is 10.1 Å². The van der Waals surface area contributed by atoms with Crippen molar-refractivity contribution in [2.75, 3.05) is 6.61 Å². The van der Waals surface area contributed by atoms with Gasteiger partial charge in [0.25, 0.3) is 11.2 Å².